The van der Waals surface area contributed by atoms with E-state index in [-0.39, 0.29) is 0 Å². The summed E-state index contributed by atoms with van der Waals surface area (Å²) in [4.78, 5) is 20.3. The minimum atomic E-state index is -2.83. The van der Waals surface area contributed by atoms with E-state index in [2.05, 4.69) is 4.74 Å². The van der Waals surface area contributed by atoms with Crippen LogP contribution in [0.4, 0.5) is 0 Å². The van der Waals surface area contributed by atoms with Gasteiger partial charge in [-0.3, -0.25) is 0 Å². The van der Waals surface area contributed by atoms with Crippen LogP contribution >= 0.6 is 0 Å². The fraction of sp³-hybridized carbons (Fsp3) is 0.200. The Morgan fingerprint density at radius 1 is 1.67 bits per heavy atom. The molecule has 0 saturated carbocycles. The summed E-state index contributed by atoms with van der Waals surface area (Å²) in [7, 11) is -2.83. The zero-order chi connectivity index (χ0) is 9.78. The smallest absolute Gasteiger partial charge is 0.330 e. The van der Waals surface area contributed by atoms with Gasteiger partial charge in [-0.15, -0.1) is 0 Å². The minimum Gasteiger partial charge on any atom is -0.478 e. The second-order valence-electron chi connectivity index (χ2n) is 1.09. The van der Waals surface area contributed by atoms with E-state index in [0.717, 1.165) is 0 Å². The quantitative estimate of drug-likeness (QED) is 0.418. The largest absolute Gasteiger partial charge is 0.478 e. The molecule has 9 heavy (non-hydrogen) atoms. The van der Waals surface area contributed by atoms with Gasteiger partial charge in [-0.2, -0.15) is 0 Å². The van der Waals surface area contributed by atoms with Gasteiger partial charge in [-0.25, -0.2) is 9.59 Å². The van der Waals surface area contributed by atoms with E-state index in [1.165, 1.54) is 0 Å². The van der Waals surface area contributed by atoms with Crippen molar-refractivity contribution in [1.29, 1.82) is 0 Å². The highest BCUT2D eigenvalue weighted by molar-refractivity contribution is 5.90. The highest BCUT2D eigenvalue weighted by Gasteiger charge is 1.91. The van der Waals surface area contributed by atoms with Gasteiger partial charge in [0.25, 0.3) is 0 Å². The predicted octanol–water partition coefficient (Wildman–Crippen LogP) is -0.200. The molecule has 0 aliphatic heterocycles. The van der Waals surface area contributed by atoms with Crippen LogP contribution in [0, 0.1) is 0 Å². The van der Waals surface area contributed by atoms with Gasteiger partial charge in [-0.05, 0) is 0 Å². The van der Waals surface area contributed by atoms with Gasteiger partial charge in [-0.1, -0.05) is 0 Å². The monoisotopic (exact) mass is 133 g/mol. The summed E-state index contributed by atoms with van der Waals surface area (Å²) < 4.78 is 23.2. The van der Waals surface area contributed by atoms with Crippen LogP contribution < -0.4 is 0 Å². The summed E-state index contributed by atoms with van der Waals surface area (Å²) in [5.74, 6) is -2.56. The minimum absolute atomic E-state index is 0.494. The van der Waals surface area contributed by atoms with Crippen LogP contribution in [-0.2, 0) is 14.3 Å². The first-order valence-electron chi connectivity index (χ1n) is 3.45. The number of rotatable bonds is 2. The molecule has 0 aliphatic rings. The first kappa shape index (κ1) is 3.66. The van der Waals surface area contributed by atoms with Gasteiger partial charge < -0.3 is 9.84 Å². The molecule has 0 saturated heterocycles. The Labute approximate surface area is 56.0 Å². The predicted molar refractivity (Wildman–Crippen MR) is 28.8 cm³/mol. The SMILES string of the molecule is [2H]C([2H])([2H])OC(=O)/C=C\C(=O)O. The molecule has 0 fully saturated rings. The Bertz CT molecular complexity index is 217. The van der Waals surface area contributed by atoms with Gasteiger partial charge >= 0.3 is 11.9 Å². The first-order valence-corrected chi connectivity index (χ1v) is 1.95. The maximum Gasteiger partial charge on any atom is 0.330 e. The van der Waals surface area contributed by atoms with E-state index >= 15 is 0 Å². The number of hydrogen-bond donors (Lipinski definition) is 1. The molecule has 50 valence electrons. The molecule has 4 heteroatoms. The van der Waals surface area contributed by atoms with E-state index in [1.54, 1.807) is 0 Å². The van der Waals surface area contributed by atoms with Crippen molar-refractivity contribution in [3.8, 4) is 0 Å². The van der Waals surface area contributed by atoms with Gasteiger partial charge in [0.15, 0.2) is 0 Å². The van der Waals surface area contributed by atoms with Crippen LogP contribution in [0.25, 0.3) is 0 Å². The molecule has 0 aromatic carbocycles. The van der Waals surface area contributed by atoms with E-state index in [0.29, 0.717) is 12.2 Å². The maximum absolute atomic E-state index is 10.4. The fourth-order valence-corrected chi connectivity index (χ4v) is 0.173. The van der Waals surface area contributed by atoms with Gasteiger partial charge in [0.05, 0.1) is 11.2 Å². The van der Waals surface area contributed by atoms with Crippen molar-refractivity contribution in [2.45, 2.75) is 0 Å². The molecule has 0 aromatic rings. The summed E-state index contributed by atoms with van der Waals surface area (Å²) in [5.41, 5.74) is 0. The van der Waals surface area contributed by atoms with E-state index < -0.39 is 19.0 Å². The topological polar surface area (TPSA) is 63.6 Å². The molecule has 1 N–H and O–H groups in total. The molecule has 0 aromatic heterocycles. The van der Waals surface area contributed by atoms with Crippen molar-refractivity contribution < 1.29 is 23.5 Å². The van der Waals surface area contributed by atoms with Gasteiger partial charge in [0.1, 0.15) is 0 Å². The molecule has 0 amide bonds. The number of carboxylic acids is 1. The zero-order valence-corrected chi connectivity index (χ0v) is 4.33. The Hall–Kier alpha value is -1.32. The molecule has 0 atom stereocenters. The van der Waals surface area contributed by atoms with Crippen LogP contribution in [-0.4, -0.2) is 24.1 Å². The van der Waals surface area contributed by atoms with Crippen molar-refractivity contribution in [2.24, 2.45) is 0 Å². The highest BCUT2D eigenvalue weighted by Crippen LogP contribution is 1.76. The maximum atomic E-state index is 10.4. The summed E-state index contributed by atoms with van der Waals surface area (Å²) in [6, 6.07) is 0. The van der Waals surface area contributed by atoms with Crippen LogP contribution in [0.1, 0.15) is 4.11 Å². The van der Waals surface area contributed by atoms with Crippen molar-refractivity contribution in [1.82, 2.24) is 0 Å². The summed E-state index contributed by atoms with van der Waals surface area (Å²) in [6.45, 7) is 0. The third-order valence-electron chi connectivity index (χ3n) is 0.463. The molecule has 0 unspecified atom stereocenters. The Morgan fingerprint density at radius 2 is 2.33 bits per heavy atom. The third kappa shape index (κ3) is 4.53. The molecular weight excluding hydrogens is 124 g/mol. The second kappa shape index (κ2) is 3.65. The summed E-state index contributed by atoms with van der Waals surface area (Å²) in [5, 5.41) is 8.03. The van der Waals surface area contributed by atoms with Crippen molar-refractivity contribution in [3.63, 3.8) is 0 Å². The fourth-order valence-electron chi connectivity index (χ4n) is 0.173. The van der Waals surface area contributed by atoms with Crippen LogP contribution in [0.3, 0.4) is 0 Å². The molecule has 0 radical (unpaired) electrons. The molecule has 0 bridgehead atoms. The molecule has 0 aliphatic carbocycles. The molecule has 0 spiro atoms. The number of hydrogen-bond acceptors (Lipinski definition) is 3. The molecule has 0 heterocycles. The average molecular weight is 133 g/mol. The zero-order valence-electron chi connectivity index (χ0n) is 7.33. The number of esters is 1. The third-order valence-corrected chi connectivity index (χ3v) is 0.463. The molecule has 4 nitrogen and oxygen atoms in total. The number of aliphatic carboxylic acids is 1. The van der Waals surface area contributed by atoms with Crippen molar-refractivity contribution in [3.05, 3.63) is 12.2 Å². The van der Waals surface area contributed by atoms with E-state index in [1.807, 2.05) is 0 Å². The summed E-state index contributed by atoms with van der Waals surface area (Å²) in [6.07, 6.45) is 1.02. The Morgan fingerprint density at radius 3 is 2.78 bits per heavy atom. The number of carbonyl (C=O) groups excluding carboxylic acids is 1. The lowest BCUT2D eigenvalue weighted by Crippen LogP contribution is -1.96. The molecular formula is C5H6O4. The lowest BCUT2D eigenvalue weighted by Gasteiger charge is -1.85. The van der Waals surface area contributed by atoms with Gasteiger partial charge in [0.2, 0.25) is 0 Å². The van der Waals surface area contributed by atoms with E-state index in [4.69, 9.17) is 9.22 Å². The normalized spacial score (nSPS) is 15.8. The van der Waals surface area contributed by atoms with Crippen LogP contribution in [0.5, 0.6) is 0 Å². The van der Waals surface area contributed by atoms with Crippen molar-refractivity contribution >= 4 is 11.9 Å². The number of ether oxygens (including phenoxy) is 1. The lowest BCUT2D eigenvalue weighted by atomic mass is 10.5. The van der Waals surface area contributed by atoms with E-state index in [9.17, 15) is 9.59 Å². The van der Waals surface area contributed by atoms with Crippen LogP contribution in [0.2, 0.25) is 0 Å². The average Bonchev–Trinajstić information content (AvgIpc) is 1.79. The van der Waals surface area contributed by atoms with Gasteiger partial charge in [0, 0.05) is 12.2 Å². The highest BCUT2D eigenvalue weighted by atomic mass is 16.5. The number of carboxylic acid groups (broad SMARTS) is 1. The Kier molecular flexibility index (Phi) is 1.48. The summed E-state index contributed by atoms with van der Waals surface area (Å²) >= 11 is 0. The standard InChI is InChI=1S/C5H6O4/c1-9-5(8)3-2-4(6)7/h2-3H,1H3,(H,6,7)/b3-2-/i1D3. The van der Waals surface area contributed by atoms with Crippen molar-refractivity contribution in [2.75, 3.05) is 7.04 Å². The first-order chi connectivity index (χ1) is 5.31. The number of carbonyl (C=O) groups is 2. The Balaban J connectivity index is 3.99. The number of methoxy groups -OCH3 is 1. The lowest BCUT2D eigenvalue weighted by molar-refractivity contribution is -0.136. The van der Waals surface area contributed by atoms with Crippen LogP contribution in [0.15, 0.2) is 12.2 Å². The second-order valence-corrected chi connectivity index (χ2v) is 1.09. The molecule has 0 rings (SSSR count).